The average molecular weight is 247 g/mol. The van der Waals surface area contributed by atoms with Crippen LogP contribution in [0.1, 0.15) is 50.8 Å². The zero-order valence-electron chi connectivity index (χ0n) is 11.5. The minimum Gasteiger partial charge on any atom is -0.496 e. The molecule has 1 aromatic rings. The molecule has 1 fully saturated rings. The van der Waals surface area contributed by atoms with Crippen LogP contribution in [-0.4, -0.2) is 13.0 Å². The second kappa shape index (κ2) is 4.63. The van der Waals surface area contributed by atoms with Gasteiger partial charge in [-0.25, -0.2) is 0 Å². The summed E-state index contributed by atoms with van der Waals surface area (Å²) in [5, 5.41) is 3.01. The van der Waals surface area contributed by atoms with E-state index in [1.165, 1.54) is 11.1 Å². The molecular weight excluding hydrogens is 226 g/mol. The predicted octanol–water partition coefficient (Wildman–Crippen LogP) is 2.94. The molecule has 0 aliphatic carbocycles. The van der Waals surface area contributed by atoms with E-state index in [1.54, 1.807) is 7.11 Å². The third-order valence-electron chi connectivity index (χ3n) is 3.43. The zero-order valence-corrected chi connectivity index (χ0v) is 11.5. The number of hydrogen-bond acceptors (Lipinski definition) is 2. The van der Waals surface area contributed by atoms with Crippen molar-refractivity contribution >= 4 is 5.91 Å². The lowest BCUT2D eigenvalue weighted by molar-refractivity contribution is -0.119. The zero-order chi connectivity index (χ0) is 13.3. The molecule has 1 saturated heterocycles. The van der Waals surface area contributed by atoms with Crippen molar-refractivity contribution in [3.63, 3.8) is 0 Å². The Morgan fingerprint density at radius 2 is 2.06 bits per heavy atom. The Morgan fingerprint density at radius 3 is 2.56 bits per heavy atom. The van der Waals surface area contributed by atoms with Crippen LogP contribution in [-0.2, 0) is 10.2 Å². The van der Waals surface area contributed by atoms with Gasteiger partial charge in [-0.3, -0.25) is 4.79 Å². The van der Waals surface area contributed by atoms with Gasteiger partial charge in [0.25, 0.3) is 0 Å². The Labute approximate surface area is 109 Å². The van der Waals surface area contributed by atoms with Crippen LogP contribution in [0.25, 0.3) is 0 Å². The first-order valence-electron chi connectivity index (χ1n) is 6.39. The van der Waals surface area contributed by atoms with E-state index in [2.05, 4.69) is 32.2 Å². The van der Waals surface area contributed by atoms with Gasteiger partial charge >= 0.3 is 0 Å². The number of nitrogens with one attached hydrogen (secondary N) is 1. The van der Waals surface area contributed by atoms with Gasteiger partial charge in [-0.05, 0) is 35.1 Å². The first-order valence-corrected chi connectivity index (χ1v) is 6.39. The Kier molecular flexibility index (Phi) is 3.33. The fraction of sp³-hybridized carbons (Fsp3) is 0.533. The maximum absolute atomic E-state index is 11.3. The molecule has 18 heavy (non-hydrogen) atoms. The second-order valence-electron chi connectivity index (χ2n) is 5.87. The first kappa shape index (κ1) is 12.9. The van der Waals surface area contributed by atoms with E-state index in [1.807, 2.05) is 12.1 Å². The number of rotatable bonds is 2. The highest BCUT2D eigenvalue weighted by atomic mass is 16.5. The van der Waals surface area contributed by atoms with Crippen LogP contribution in [0, 0.1) is 0 Å². The molecule has 1 unspecified atom stereocenters. The number of methoxy groups -OCH3 is 1. The van der Waals surface area contributed by atoms with Crippen LogP contribution in [0.15, 0.2) is 18.2 Å². The Hall–Kier alpha value is -1.51. The maximum Gasteiger partial charge on any atom is 0.220 e. The Bertz CT molecular complexity index is 460. The van der Waals surface area contributed by atoms with Crippen molar-refractivity contribution in [2.75, 3.05) is 7.11 Å². The van der Waals surface area contributed by atoms with Crippen molar-refractivity contribution in [2.24, 2.45) is 0 Å². The lowest BCUT2D eigenvalue weighted by Crippen LogP contribution is -2.19. The van der Waals surface area contributed by atoms with Gasteiger partial charge in [0.05, 0.1) is 13.2 Å². The van der Waals surface area contributed by atoms with Gasteiger partial charge in [-0.2, -0.15) is 0 Å². The third kappa shape index (κ3) is 2.50. The van der Waals surface area contributed by atoms with Gasteiger partial charge in [0.1, 0.15) is 5.75 Å². The quantitative estimate of drug-likeness (QED) is 0.872. The summed E-state index contributed by atoms with van der Waals surface area (Å²) in [5.41, 5.74) is 2.39. The second-order valence-corrected chi connectivity index (χ2v) is 5.87. The van der Waals surface area contributed by atoms with Crippen LogP contribution in [0.5, 0.6) is 5.75 Å². The smallest absolute Gasteiger partial charge is 0.220 e. The van der Waals surface area contributed by atoms with Crippen LogP contribution in [0.2, 0.25) is 0 Å². The molecule has 1 atom stereocenters. The minimum atomic E-state index is 0.0317. The summed E-state index contributed by atoms with van der Waals surface area (Å²) < 4.78 is 5.42. The Balaban J connectivity index is 2.37. The summed E-state index contributed by atoms with van der Waals surface area (Å²) >= 11 is 0. The summed E-state index contributed by atoms with van der Waals surface area (Å²) in [6.07, 6.45) is 1.51. The molecule has 3 heteroatoms. The minimum absolute atomic E-state index is 0.0317. The molecule has 1 N–H and O–H groups in total. The molecule has 1 aliphatic heterocycles. The SMILES string of the molecule is COc1ccc(C2CCC(=O)N2)cc1C(C)(C)C. The van der Waals surface area contributed by atoms with E-state index < -0.39 is 0 Å². The fourth-order valence-electron chi connectivity index (χ4n) is 2.39. The van der Waals surface area contributed by atoms with Crippen LogP contribution < -0.4 is 10.1 Å². The van der Waals surface area contributed by atoms with Gasteiger partial charge in [0, 0.05) is 6.42 Å². The summed E-state index contributed by atoms with van der Waals surface area (Å²) in [4.78, 5) is 11.3. The van der Waals surface area contributed by atoms with Crippen molar-refractivity contribution in [2.45, 2.75) is 45.1 Å². The Morgan fingerprint density at radius 1 is 1.33 bits per heavy atom. The number of ether oxygens (including phenoxy) is 1. The molecule has 0 radical (unpaired) electrons. The molecule has 0 aromatic heterocycles. The van der Waals surface area contributed by atoms with Crippen LogP contribution >= 0.6 is 0 Å². The topological polar surface area (TPSA) is 38.3 Å². The predicted molar refractivity (Wildman–Crippen MR) is 71.8 cm³/mol. The number of amides is 1. The van der Waals surface area contributed by atoms with Crippen molar-refractivity contribution < 1.29 is 9.53 Å². The molecule has 1 aromatic carbocycles. The lowest BCUT2D eigenvalue weighted by Gasteiger charge is -2.24. The molecule has 1 amide bonds. The van der Waals surface area contributed by atoms with Crippen molar-refractivity contribution in [1.82, 2.24) is 5.32 Å². The summed E-state index contributed by atoms with van der Waals surface area (Å²) in [5.74, 6) is 1.06. The summed E-state index contributed by atoms with van der Waals surface area (Å²) in [6, 6.07) is 6.37. The van der Waals surface area contributed by atoms with Crippen molar-refractivity contribution in [3.05, 3.63) is 29.3 Å². The normalized spacial score (nSPS) is 19.8. The number of benzene rings is 1. The monoisotopic (exact) mass is 247 g/mol. The van der Waals surface area contributed by atoms with Gasteiger partial charge in [-0.1, -0.05) is 26.8 Å². The molecule has 3 nitrogen and oxygen atoms in total. The number of carbonyl (C=O) groups is 1. The van der Waals surface area contributed by atoms with E-state index in [0.29, 0.717) is 6.42 Å². The molecule has 2 rings (SSSR count). The van der Waals surface area contributed by atoms with E-state index in [4.69, 9.17) is 4.74 Å². The molecule has 1 aliphatic rings. The molecule has 0 spiro atoms. The number of hydrogen-bond donors (Lipinski definition) is 1. The molecule has 0 saturated carbocycles. The molecule has 1 heterocycles. The highest BCUT2D eigenvalue weighted by Gasteiger charge is 2.25. The lowest BCUT2D eigenvalue weighted by atomic mass is 9.84. The average Bonchev–Trinajstić information content (AvgIpc) is 2.74. The van der Waals surface area contributed by atoms with Gasteiger partial charge in [-0.15, -0.1) is 0 Å². The molecular formula is C15H21NO2. The van der Waals surface area contributed by atoms with Crippen molar-refractivity contribution in [3.8, 4) is 5.75 Å². The van der Waals surface area contributed by atoms with E-state index in [9.17, 15) is 4.79 Å². The summed E-state index contributed by atoms with van der Waals surface area (Å²) in [6.45, 7) is 6.51. The van der Waals surface area contributed by atoms with Gasteiger partial charge in [0.2, 0.25) is 5.91 Å². The van der Waals surface area contributed by atoms with E-state index in [-0.39, 0.29) is 17.4 Å². The third-order valence-corrected chi connectivity index (χ3v) is 3.43. The van der Waals surface area contributed by atoms with Crippen LogP contribution in [0.4, 0.5) is 0 Å². The van der Waals surface area contributed by atoms with Crippen LogP contribution in [0.3, 0.4) is 0 Å². The maximum atomic E-state index is 11.3. The highest BCUT2D eigenvalue weighted by molar-refractivity contribution is 5.78. The van der Waals surface area contributed by atoms with Gasteiger partial charge < -0.3 is 10.1 Å². The fourth-order valence-corrected chi connectivity index (χ4v) is 2.39. The molecule has 98 valence electrons. The summed E-state index contributed by atoms with van der Waals surface area (Å²) in [7, 11) is 1.70. The van der Waals surface area contributed by atoms with Gasteiger partial charge in [0.15, 0.2) is 0 Å². The largest absolute Gasteiger partial charge is 0.496 e. The standard InChI is InChI=1S/C15H21NO2/c1-15(2,3)11-9-10(5-7-13(11)18-4)12-6-8-14(17)16-12/h5,7,9,12H,6,8H2,1-4H3,(H,16,17). The molecule has 0 bridgehead atoms. The van der Waals surface area contributed by atoms with E-state index in [0.717, 1.165) is 12.2 Å². The van der Waals surface area contributed by atoms with E-state index >= 15 is 0 Å². The van der Waals surface area contributed by atoms with Crippen molar-refractivity contribution in [1.29, 1.82) is 0 Å². The first-order chi connectivity index (χ1) is 8.41. The number of carbonyl (C=O) groups excluding carboxylic acids is 1. The highest BCUT2D eigenvalue weighted by Crippen LogP contribution is 2.35.